The van der Waals surface area contributed by atoms with Crippen LogP contribution in [0.5, 0.6) is 0 Å². The summed E-state index contributed by atoms with van der Waals surface area (Å²) in [5, 5.41) is 0.858. The predicted octanol–water partition coefficient (Wildman–Crippen LogP) is 3.62. The van der Waals surface area contributed by atoms with Crippen LogP contribution < -0.4 is 0 Å². The van der Waals surface area contributed by atoms with E-state index < -0.39 is 9.84 Å². The number of H-pyrrole nitrogens is 1. The lowest BCUT2D eigenvalue weighted by Crippen LogP contribution is -1.96. The largest absolute Gasteiger partial charge is 0.360 e. The van der Waals surface area contributed by atoms with Gasteiger partial charge >= 0.3 is 0 Å². The average Bonchev–Trinajstić information content (AvgIpc) is 2.80. The lowest BCUT2D eigenvalue weighted by Gasteiger charge is -2.03. The van der Waals surface area contributed by atoms with Crippen molar-refractivity contribution in [2.75, 3.05) is 6.26 Å². The third-order valence-corrected chi connectivity index (χ3v) is 4.33. The number of fused-ring (bicyclic) bond motifs is 1. The molecule has 5 heteroatoms. The summed E-state index contributed by atoms with van der Waals surface area (Å²) >= 11 is 0. The van der Waals surface area contributed by atoms with Crippen molar-refractivity contribution in [1.29, 1.82) is 0 Å². The van der Waals surface area contributed by atoms with Gasteiger partial charge in [-0.15, -0.1) is 0 Å². The lowest BCUT2D eigenvalue weighted by molar-refractivity contribution is 0.602. The van der Waals surface area contributed by atoms with E-state index in [0.717, 1.165) is 16.5 Å². The van der Waals surface area contributed by atoms with Gasteiger partial charge in [-0.1, -0.05) is 12.1 Å². The third kappa shape index (κ3) is 2.20. The van der Waals surface area contributed by atoms with Gasteiger partial charge in [-0.2, -0.15) is 0 Å². The van der Waals surface area contributed by atoms with Crippen LogP contribution >= 0.6 is 0 Å². The average molecular weight is 291 g/mol. The van der Waals surface area contributed by atoms with Gasteiger partial charge in [0.2, 0.25) is 0 Å². The van der Waals surface area contributed by atoms with Gasteiger partial charge in [0.25, 0.3) is 0 Å². The van der Waals surface area contributed by atoms with Crippen molar-refractivity contribution in [3.63, 3.8) is 0 Å². The highest BCUT2D eigenvalue weighted by atomic mass is 32.2. The fraction of sp³-hybridized carbons (Fsp3) is 0.0667. The first-order chi connectivity index (χ1) is 9.45. The normalized spacial score (nSPS) is 11.9. The maximum absolute atomic E-state index is 13.2. The Morgan fingerprint density at radius 2 is 1.95 bits per heavy atom. The molecule has 0 saturated heterocycles. The van der Waals surface area contributed by atoms with E-state index >= 15 is 0 Å². The predicted molar refractivity (Wildman–Crippen MR) is 78.9 cm³/mol. The van der Waals surface area contributed by atoms with Gasteiger partial charge in [-0.05, 0) is 35.9 Å². The zero-order valence-electron chi connectivity index (χ0n) is 10.7. The van der Waals surface area contributed by atoms with Crippen molar-refractivity contribution in [3.05, 3.63) is 54.5 Å². The smallest absolute Gasteiger partial charge is 0.175 e. The second kappa shape index (κ2) is 4.45. The number of rotatable bonds is 2. The van der Waals surface area contributed by atoms with Crippen LogP contribution in [0.15, 0.2) is 53.6 Å². The number of aromatic amines is 1. The molecule has 0 spiro atoms. The van der Waals surface area contributed by atoms with E-state index in [4.69, 9.17) is 0 Å². The summed E-state index contributed by atoms with van der Waals surface area (Å²) in [6, 6.07) is 11.2. The highest BCUT2D eigenvalue weighted by molar-refractivity contribution is 7.90. The molecule has 1 aromatic heterocycles. The molecule has 0 bridgehead atoms. The molecule has 3 rings (SSSR count). The van der Waals surface area contributed by atoms with Gasteiger partial charge in [0.05, 0.1) is 4.90 Å². The molecule has 1 N–H and O–H groups in total. The number of aromatic nitrogens is 1. The Labute approximate surface area is 117 Å². The molecule has 0 fully saturated rings. The summed E-state index contributed by atoms with van der Waals surface area (Å²) in [6.07, 6.45) is 2.93. The molecular weight excluding hydrogens is 277 g/mol. The molecular formula is C15H14FNO2S. The number of hydrogen-bond donors (Lipinski definition) is 1. The zero-order valence-corrected chi connectivity index (χ0v) is 11.5. The minimum absolute atomic E-state index is 0. The fourth-order valence-corrected chi connectivity index (χ4v) is 2.90. The third-order valence-electron chi connectivity index (χ3n) is 3.22. The highest BCUT2D eigenvalue weighted by Gasteiger charge is 2.11. The number of sulfone groups is 1. The van der Waals surface area contributed by atoms with Gasteiger partial charge in [-0.25, -0.2) is 12.8 Å². The van der Waals surface area contributed by atoms with E-state index in [-0.39, 0.29) is 12.1 Å². The highest BCUT2D eigenvalue weighted by Crippen LogP contribution is 2.30. The van der Waals surface area contributed by atoms with Crippen LogP contribution in [0, 0.1) is 5.82 Å². The van der Waals surface area contributed by atoms with Crippen LogP contribution in [0.1, 0.15) is 1.43 Å². The molecule has 3 aromatic rings. The standard InChI is InChI=1S/C15H12FNO2S.H2/c1-20(18,19)12-4-2-3-10(7-12)14-9-17-15-8-11(16)5-6-13(14)15;/h2-9,17H,1H3;1H. The van der Waals surface area contributed by atoms with Crippen molar-refractivity contribution in [2.24, 2.45) is 0 Å². The maximum atomic E-state index is 13.2. The monoisotopic (exact) mass is 291 g/mol. The van der Waals surface area contributed by atoms with Crippen molar-refractivity contribution in [1.82, 2.24) is 4.98 Å². The van der Waals surface area contributed by atoms with Crippen LogP contribution in [-0.2, 0) is 9.84 Å². The molecule has 0 aliphatic rings. The van der Waals surface area contributed by atoms with E-state index in [2.05, 4.69) is 4.98 Å². The first kappa shape index (κ1) is 12.9. The molecule has 20 heavy (non-hydrogen) atoms. The Kier molecular flexibility index (Phi) is 2.87. The van der Waals surface area contributed by atoms with Crippen LogP contribution in [0.25, 0.3) is 22.0 Å². The molecule has 1 heterocycles. The Morgan fingerprint density at radius 3 is 2.70 bits per heavy atom. The van der Waals surface area contributed by atoms with Gasteiger partial charge in [0, 0.05) is 30.3 Å². The summed E-state index contributed by atoms with van der Waals surface area (Å²) in [4.78, 5) is 3.27. The van der Waals surface area contributed by atoms with E-state index in [0.29, 0.717) is 5.52 Å². The Bertz CT molecular complexity index is 903. The maximum Gasteiger partial charge on any atom is 0.175 e. The van der Waals surface area contributed by atoms with Crippen LogP contribution in [0.4, 0.5) is 4.39 Å². The molecule has 0 amide bonds. The second-order valence-electron chi connectivity index (χ2n) is 4.69. The van der Waals surface area contributed by atoms with E-state index in [9.17, 15) is 12.8 Å². The number of benzene rings is 2. The molecule has 0 atom stereocenters. The molecule has 2 aromatic carbocycles. The van der Waals surface area contributed by atoms with Crippen LogP contribution in [-0.4, -0.2) is 19.7 Å². The van der Waals surface area contributed by atoms with Crippen LogP contribution in [0.3, 0.4) is 0 Å². The molecule has 0 unspecified atom stereocenters. The molecule has 3 nitrogen and oxygen atoms in total. The molecule has 0 saturated carbocycles. The summed E-state index contributed by atoms with van der Waals surface area (Å²) < 4.78 is 36.4. The van der Waals surface area contributed by atoms with Crippen molar-refractivity contribution < 1.29 is 14.2 Å². The molecule has 0 aliphatic heterocycles. The Hall–Kier alpha value is -2.14. The quantitative estimate of drug-likeness (QED) is 0.784. The molecule has 0 radical (unpaired) electrons. The van der Waals surface area contributed by atoms with Crippen LogP contribution in [0.2, 0.25) is 0 Å². The van der Waals surface area contributed by atoms with E-state index in [1.165, 1.54) is 18.4 Å². The minimum Gasteiger partial charge on any atom is -0.360 e. The molecule has 0 aliphatic carbocycles. The van der Waals surface area contributed by atoms with Crippen molar-refractivity contribution in [2.45, 2.75) is 4.90 Å². The van der Waals surface area contributed by atoms with E-state index in [1.807, 2.05) is 6.07 Å². The molecule has 104 valence electrons. The van der Waals surface area contributed by atoms with E-state index in [1.54, 1.807) is 30.5 Å². The number of hydrogen-bond acceptors (Lipinski definition) is 2. The zero-order chi connectivity index (χ0) is 14.3. The first-order valence-electron chi connectivity index (χ1n) is 6.02. The summed E-state index contributed by atoms with van der Waals surface area (Å²) in [6.45, 7) is 0. The summed E-state index contributed by atoms with van der Waals surface area (Å²) in [5.41, 5.74) is 2.32. The lowest BCUT2D eigenvalue weighted by atomic mass is 10.1. The summed E-state index contributed by atoms with van der Waals surface area (Å²) in [5.74, 6) is -0.309. The van der Waals surface area contributed by atoms with Crippen molar-refractivity contribution >= 4 is 20.7 Å². The fourth-order valence-electron chi connectivity index (χ4n) is 2.23. The Balaban J connectivity index is 0.00000161. The van der Waals surface area contributed by atoms with Gasteiger partial charge in [0.15, 0.2) is 9.84 Å². The SMILES string of the molecule is CS(=O)(=O)c1cccc(-c2c[nH]c3cc(F)ccc23)c1.[HH]. The minimum atomic E-state index is -3.25. The first-order valence-corrected chi connectivity index (χ1v) is 7.91. The van der Waals surface area contributed by atoms with Crippen molar-refractivity contribution in [3.8, 4) is 11.1 Å². The van der Waals surface area contributed by atoms with Gasteiger partial charge in [0.1, 0.15) is 5.82 Å². The topological polar surface area (TPSA) is 49.9 Å². The number of halogens is 1. The van der Waals surface area contributed by atoms with Gasteiger partial charge in [-0.3, -0.25) is 0 Å². The Morgan fingerprint density at radius 1 is 1.15 bits per heavy atom. The number of nitrogens with one attached hydrogen (secondary N) is 1. The summed E-state index contributed by atoms with van der Waals surface area (Å²) in [7, 11) is -3.25. The second-order valence-corrected chi connectivity index (χ2v) is 6.71. The van der Waals surface area contributed by atoms with Gasteiger partial charge < -0.3 is 4.98 Å².